The van der Waals surface area contributed by atoms with Crippen molar-refractivity contribution >= 4 is 23.4 Å². The lowest BCUT2D eigenvalue weighted by Crippen LogP contribution is -2.49. The summed E-state index contributed by atoms with van der Waals surface area (Å²) < 4.78 is 1.95. The molecule has 12 nitrogen and oxygen atoms in total. The maximum atomic E-state index is 13.1. The van der Waals surface area contributed by atoms with Crippen molar-refractivity contribution in [3.63, 3.8) is 0 Å². The maximum Gasteiger partial charge on any atom is 0.322 e. The van der Waals surface area contributed by atoms with Gasteiger partial charge >= 0.3 is 6.03 Å². The van der Waals surface area contributed by atoms with Gasteiger partial charge in [-0.2, -0.15) is 0 Å². The quantitative estimate of drug-likeness (QED) is 0.529. The van der Waals surface area contributed by atoms with Gasteiger partial charge in [0.15, 0.2) is 5.82 Å². The van der Waals surface area contributed by atoms with E-state index in [2.05, 4.69) is 30.4 Å². The van der Waals surface area contributed by atoms with E-state index in [1.807, 2.05) is 9.47 Å². The molecule has 1 fully saturated rings. The van der Waals surface area contributed by atoms with Crippen LogP contribution in [0.1, 0.15) is 34.7 Å². The lowest BCUT2D eigenvalue weighted by atomic mass is 10.0. The number of urea groups is 1. The van der Waals surface area contributed by atoms with E-state index in [-0.39, 0.29) is 23.7 Å². The Bertz CT molecular complexity index is 1300. The minimum absolute atomic E-state index is 0.106. The molecule has 0 aliphatic carbocycles. The van der Waals surface area contributed by atoms with Gasteiger partial charge in [0.05, 0.1) is 6.54 Å². The molecule has 3 aliphatic heterocycles. The smallest absolute Gasteiger partial charge is 0.322 e. The summed E-state index contributed by atoms with van der Waals surface area (Å²) in [5.74, 6) is 1.55. The van der Waals surface area contributed by atoms with E-state index in [1.165, 1.54) is 6.33 Å². The van der Waals surface area contributed by atoms with Crippen LogP contribution in [0.25, 0.3) is 0 Å². The molecule has 0 unspecified atom stereocenters. The number of nitrogens with one attached hydrogen (secondary N) is 1. The number of benzene rings is 1. The maximum absolute atomic E-state index is 13.1. The first-order chi connectivity index (χ1) is 17.5. The highest BCUT2D eigenvalue weighted by Gasteiger charge is 2.31. The molecule has 186 valence electrons. The molecule has 0 radical (unpaired) electrons. The summed E-state index contributed by atoms with van der Waals surface area (Å²) in [6, 6.07) is 6.81. The normalized spacial score (nSPS) is 18.3. The van der Waals surface area contributed by atoms with Gasteiger partial charge in [0.1, 0.15) is 29.9 Å². The SMILES string of the molecule is O=C(c1cc(N2CCC(N3CCc4cc(O)ccc4NC3=O)CC2)ncn1)N1CCn2cnnc2C1. The Balaban J connectivity index is 1.09. The van der Waals surface area contributed by atoms with Crippen LogP contribution in [0.15, 0.2) is 36.9 Å². The minimum Gasteiger partial charge on any atom is -0.508 e. The highest BCUT2D eigenvalue weighted by Crippen LogP contribution is 2.28. The fourth-order valence-corrected chi connectivity index (χ4v) is 5.23. The van der Waals surface area contributed by atoms with Crippen LogP contribution in [-0.4, -0.2) is 83.8 Å². The summed E-state index contributed by atoms with van der Waals surface area (Å²) >= 11 is 0. The molecule has 2 aromatic heterocycles. The van der Waals surface area contributed by atoms with Crippen LogP contribution in [0.2, 0.25) is 0 Å². The van der Waals surface area contributed by atoms with Crippen molar-refractivity contribution in [3.05, 3.63) is 54.0 Å². The number of piperidine rings is 1. The van der Waals surface area contributed by atoms with Crippen molar-refractivity contribution in [2.45, 2.75) is 38.4 Å². The monoisotopic (exact) mass is 489 g/mol. The molecule has 12 heteroatoms. The summed E-state index contributed by atoms with van der Waals surface area (Å²) in [7, 11) is 0. The number of hydrogen-bond acceptors (Lipinski definition) is 8. The molecule has 0 atom stereocenters. The van der Waals surface area contributed by atoms with E-state index in [0.717, 1.165) is 48.8 Å². The van der Waals surface area contributed by atoms with Crippen LogP contribution in [0, 0.1) is 0 Å². The van der Waals surface area contributed by atoms with E-state index in [4.69, 9.17) is 0 Å². The van der Waals surface area contributed by atoms with E-state index < -0.39 is 0 Å². The van der Waals surface area contributed by atoms with E-state index >= 15 is 0 Å². The first kappa shape index (κ1) is 22.3. The predicted octanol–water partition coefficient (Wildman–Crippen LogP) is 1.49. The van der Waals surface area contributed by atoms with Crippen LogP contribution in [0.3, 0.4) is 0 Å². The molecule has 6 rings (SSSR count). The van der Waals surface area contributed by atoms with Crippen molar-refractivity contribution in [2.24, 2.45) is 0 Å². The number of nitrogens with zero attached hydrogens (tertiary/aromatic N) is 8. The highest BCUT2D eigenvalue weighted by atomic mass is 16.3. The largest absolute Gasteiger partial charge is 0.508 e. The highest BCUT2D eigenvalue weighted by molar-refractivity contribution is 5.93. The Hall–Kier alpha value is -4.22. The summed E-state index contributed by atoms with van der Waals surface area (Å²) in [5, 5.41) is 20.8. The second-order valence-electron chi connectivity index (χ2n) is 9.36. The van der Waals surface area contributed by atoms with Gasteiger partial charge in [-0.05, 0) is 43.0 Å². The molecule has 5 heterocycles. The van der Waals surface area contributed by atoms with Crippen molar-refractivity contribution in [3.8, 4) is 5.75 Å². The lowest BCUT2D eigenvalue weighted by Gasteiger charge is -2.38. The average molecular weight is 490 g/mol. The zero-order valence-corrected chi connectivity index (χ0v) is 19.7. The fraction of sp³-hybridized carbons (Fsp3) is 0.417. The second kappa shape index (κ2) is 9.10. The molecule has 3 amide bonds. The Morgan fingerprint density at radius 1 is 1.06 bits per heavy atom. The molecular weight excluding hydrogens is 462 g/mol. The van der Waals surface area contributed by atoms with Gasteiger partial charge < -0.3 is 29.7 Å². The minimum atomic E-state index is -0.144. The Kier molecular flexibility index (Phi) is 5.62. The van der Waals surface area contributed by atoms with Crippen molar-refractivity contribution < 1.29 is 14.7 Å². The van der Waals surface area contributed by atoms with Gasteiger partial charge in [-0.1, -0.05) is 0 Å². The second-order valence-corrected chi connectivity index (χ2v) is 9.36. The first-order valence-electron chi connectivity index (χ1n) is 12.2. The summed E-state index contributed by atoms with van der Waals surface area (Å²) in [6.07, 6.45) is 5.40. The number of carbonyl (C=O) groups is 2. The molecule has 36 heavy (non-hydrogen) atoms. The van der Waals surface area contributed by atoms with Gasteiger partial charge in [-0.3, -0.25) is 4.79 Å². The number of hydrogen-bond donors (Lipinski definition) is 2. The Morgan fingerprint density at radius 3 is 2.78 bits per heavy atom. The van der Waals surface area contributed by atoms with Crippen molar-refractivity contribution in [1.82, 2.24) is 34.5 Å². The number of phenolic OH excluding ortho intramolecular Hbond substituents is 1. The topological polar surface area (TPSA) is 133 Å². The zero-order chi connectivity index (χ0) is 24.6. The van der Waals surface area contributed by atoms with Crippen LogP contribution in [-0.2, 0) is 19.5 Å². The average Bonchev–Trinajstić information content (AvgIpc) is 3.31. The van der Waals surface area contributed by atoms with Gasteiger partial charge in [0.25, 0.3) is 5.91 Å². The number of phenols is 1. The third-order valence-corrected chi connectivity index (χ3v) is 7.24. The van der Waals surface area contributed by atoms with Gasteiger partial charge in [0.2, 0.25) is 0 Å². The number of aromatic nitrogens is 5. The van der Waals surface area contributed by atoms with Gasteiger partial charge in [-0.25, -0.2) is 14.8 Å². The molecule has 1 aromatic carbocycles. The third kappa shape index (κ3) is 4.18. The summed E-state index contributed by atoms with van der Waals surface area (Å²) in [4.78, 5) is 40.4. The number of amides is 3. The van der Waals surface area contributed by atoms with E-state index in [0.29, 0.717) is 38.3 Å². The van der Waals surface area contributed by atoms with Gasteiger partial charge in [-0.15, -0.1) is 10.2 Å². The molecule has 0 bridgehead atoms. The van der Waals surface area contributed by atoms with Crippen LogP contribution < -0.4 is 10.2 Å². The lowest BCUT2D eigenvalue weighted by molar-refractivity contribution is 0.0701. The summed E-state index contributed by atoms with van der Waals surface area (Å²) in [5.41, 5.74) is 2.06. The van der Waals surface area contributed by atoms with E-state index in [1.54, 1.807) is 35.5 Å². The molecule has 0 saturated carbocycles. The Morgan fingerprint density at radius 2 is 1.92 bits per heavy atom. The predicted molar refractivity (Wildman–Crippen MR) is 130 cm³/mol. The van der Waals surface area contributed by atoms with Crippen molar-refractivity contribution in [2.75, 3.05) is 36.4 Å². The van der Waals surface area contributed by atoms with Crippen LogP contribution >= 0.6 is 0 Å². The standard InChI is InChI=1S/C24H27N9O3/c34-18-1-2-19-16(11-18)3-8-33(24(36)28-19)17-4-6-30(7-5-17)21-12-20(25-14-26-21)23(35)31-9-10-32-15-27-29-22(32)13-31/h1-2,11-12,14-15,17,34H,3-10,13H2,(H,28,36). The fourth-order valence-electron chi connectivity index (χ4n) is 5.23. The molecule has 0 spiro atoms. The number of aromatic hydroxyl groups is 1. The van der Waals surface area contributed by atoms with E-state index in [9.17, 15) is 14.7 Å². The van der Waals surface area contributed by atoms with Crippen LogP contribution in [0.4, 0.5) is 16.3 Å². The van der Waals surface area contributed by atoms with Gasteiger partial charge in [0, 0.05) is 50.5 Å². The molecule has 3 aliphatic rings. The number of fused-ring (bicyclic) bond motifs is 2. The molecule has 2 N–H and O–H groups in total. The number of anilines is 2. The number of carbonyl (C=O) groups excluding carboxylic acids is 2. The molecule has 3 aromatic rings. The Labute approximate surface area is 207 Å². The zero-order valence-electron chi connectivity index (χ0n) is 19.7. The van der Waals surface area contributed by atoms with Crippen molar-refractivity contribution in [1.29, 1.82) is 0 Å². The molecular formula is C24H27N9O3. The number of rotatable bonds is 3. The summed E-state index contributed by atoms with van der Waals surface area (Å²) in [6.45, 7) is 3.69. The molecule has 1 saturated heterocycles. The van der Waals surface area contributed by atoms with Crippen LogP contribution in [0.5, 0.6) is 5.75 Å². The third-order valence-electron chi connectivity index (χ3n) is 7.24. The first-order valence-corrected chi connectivity index (χ1v) is 12.2.